The molecule has 0 atom stereocenters. The Hall–Kier alpha value is -3.25. The van der Waals surface area contributed by atoms with Crippen LogP contribution < -0.4 is 9.64 Å². The summed E-state index contributed by atoms with van der Waals surface area (Å²) in [6, 6.07) is 11.8. The lowest BCUT2D eigenvalue weighted by molar-refractivity contribution is -0.115. The van der Waals surface area contributed by atoms with E-state index in [1.165, 1.54) is 11.3 Å². The zero-order chi connectivity index (χ0) is 23.5. The van der Waals surface area contributed by atoms with Crippen LogP contribution in [-0.2, 0) is 24.1 Å². The summed E-state index contributed by atoms with van der Waals surface area (Å²) in [5.74, 6) is 0.721. The van der Waals surface area contributed by atoms with Gasteiger partial charge in [0, 0.05) is 23.4 Å². The quantitative estimate of drug-likeness (QED) is 0.413. The Morgan fingerprint density at radius 3 is 2.52 bits per heavy atom. The van der Waals surface area contributed by atoms with Gasteiger partial charge in [0.2, 0.25) is 5.91 Å². The zero-order valence-electron chi connectivity index (χ0n) is 19.5. The van der Waals surface area contributed by atoms with Crippen LogP contribution in [0.15, 0.2) is 47.4 Å². The van der Waals surface area contributed by atoms with E-state index in [1.54, 1.807) is 18.9 Å². The number of benzene rings is 2. The Balaban J connectivity index is 1.68. The van der Waals surface area contributed by atoms with Crippen LogP contribution in [0.3, 0.4) is 0 Å². The number of Topliss-reactive ketones (excluding diaryl/α,β-unsaturated/α-hetero) is 1. The van der Waals surface area contributed by atoms with Gasteiger partial charge in [0.1, 0.15) is 5.75 Å². The molecule has 0 radical (unpaired) electrons. The van der Waals surface area contributed by atoms with Crippen molar-refractivity contribution in [1.82, 2.24) is 4.98 Å². The average molecular weight is 461 g/mol. The molecule has 6 heteroatoms. The molecule has 33 heavy (non-hydrogen) atoms. The first-order valence-electron chi connectivity index (χ1n) is 11.3. The molecule has 0 aliphatic heterocycles. The number of para-hydroxylation sites is 1. The van der Waals surface area contributed by atoms with Crippen LogP contribution in [0.25, 0.3) is 6.08 Å². The molecule has 1 aliphatic rings. The number of nitrogens with zero attached hydrogens (tertiary/aromatic N) is 2. The second kappa shape index (κ2) is 9.71. The molecule has 5 nitrogen and oxygen atoms in total. The molecule has 0 bridgehead atoms. The van der Waals surface area contributed by atoms with Crippen molar-refractivity contribution in [2.24, 2.45) is 0 Å². The number of aryl methyl sites for hydroxylation is 3. The van der Waals surface area contributed by atoms with E-state index in [1.807, 2.05) is 35.7 Å². The monoisotopic (exact) mass is 460 g/mol. The zero-order valence-corrected chi connectivity index (χ0v) is 20.3. The van der Waals surface area contributed by atoms with Gasteiger partial charge in [-0.15, -0.1) is 11.3 Å². The number of ketones is 1. The number of ether oxygens (including phenoxy) is 1. The van der Waals surface area contributed by atoms with Gasteiger partial charge in [0.05, 0.1) is 18.5 Å². The van der Waals surface area contributed by atoms with Gasteiger partial charge in [0.15, 0.2) is 10.9 Å². The van der Waals surface area contributed by atoms with E-state index in [9.17, 15) is 9.59 Å². The number of anilines is 2. The van der Waals surface area contributed by atoms with Crippen LogP contribution >= 0.6 is 11.3 Å². The maximum absolute atomic E-state index is 13.1. The molecule has 0 saturated carbocycles. The van der Waals surface area contributed by atoms with Crippen molar-refractivity contribution >= 4 is 39.9 Å². The minimum atomic E-state index is -0.0734. The Kier molecular flexibility index (Phi) is 6.75. The summed E-state index contributed by atoms with van der Waals surface area (Å²) in [5.41, 5.74) is 6.35. The largest absolute Gasteiger partial charge is 0.497 e. The molecule has 0 unspecified atom stereocenters. The summed E-state index contributed by atoms with van der Waals surface area (Å²) in [4.78, 5) is 32.3. The summed E-state index contributed by atoms with van der Waals surface area (Å²) in [7, 11) is 1.63. The SMILES string of the molecule is CCc1cccc(CC)c1N(C(C)=O)c1nc(/C=C2\CCc3cc(OC)ccc3C2=O)cs1. The van der Waals surface area contributed by atoms with E-state index in [4.69, 9.17) is 9.72 Å². The van der Waals surface area contributed by atoms with Crippen LogP contribution in [0.4, 0.5) is 10.8 Å². The first kappa shape index (κ1) is 22.9. The maximum atomic E-state index is 13.1. The third-order valence-corrected chi connectivity index (χ3v) is 6.88. The normalized spacial score (nSPS) is 14.3. The molecule has 1 aromatic heterocycles. The number of allylic oxidation sites excluding steroid dienone is 1. The van der Waals surface area contributed by atoms with E-state index in [2.05, 4.69) is 26.0 Å². The molecule has 0 saturated heterocycles. The van der Waals surface area contributed by atoms with Crippen molar-refractivity contribution in [1.29, 1.82) is 0 Å². The van der Waals surface area contributed by atoms with Crippen molar-refractivity contribution in [2.75, 3.05) is 12.0 Å². The number of fused-ring (bicyclic) bond motifs is 1. The Morgan fingerprint density at radius 1 is 1.15 bits per heavy atom. The first-order chi connectivity index (χ1) is 16.0. The van der Waals surface area contributed by atoms with Crippen molar-refractivity contribution in [3.05, 3.63) is 75.3 Å². The second-order valence-corrected chi connectivity index (χ2v) is 8.90. The number of aromatic nitrogens is 1. The van der Waals surface area contributed by atoms with Crippen LogP contribution in [0.2, 0.25) is 0 Å². The third kappa shape index (κ3) is 4.48. The van der Waals surface area contributed by atoms with E-state index >= 15 is 0 Å². The number of hydrogen-bond donors (Lipinski definition) is 0. The van der Waals surface area contributed by atoms with Crippen LogP contribution in [0, 0.1) is 0 Å². The number of methoxy groups -OCH3 is 1. The number of carbonyl (C=O) groups excluding carboxylic acids is 2. The molecule has 0 N–H and O–H groups in total. The van der Waals surface area contributed by atoms with Crippen molar-refractivity contribution in [2.45, 2.75) is 46.5 Å². The summed E-state index contributed by atoms with van der Waals surface area (Å²) in [5, 5.41) is 2.54. The fourth-order valence-electron chi connectivity index (χ4n) is 4.33. The highest BCUT2D eigenvalue weighted by Gasteiger charge is 2.25. The van der Waals surface area contributed by atoms with E-state index in [0.29, 0.717) is 17.2 Å². The van der Waals surface area contributed by atoms with Gasteiger partial charge in [-0.05, 0) is 66.6 Å². The minimum Gasteiger partial charge on any atom is -0.497 e. The number of amides is 1. The van der Waals surface area contributed by atoms with Crippen molar-refractivity contribution < 1.29 is 14.3 Å². The minimum absolute atomic E-state index is 0.0291. The highest BCUT2D eigenvalue weighted by atomic mass is 32.1. The highest BCUT2D eigenvalue weighted by molar-refractivity contribution is 7.14. The Morgan fingerprint density at radius 2 is 1.88 bits per heavy atom. The van der Waals surface area contributed by atoms with Gasteiger partial charge >= 0.3 is 0 Å². The molecule has 1 aliphatic carbocycles. The van der Waals surface area contributed by atoms with E-state index < -0.39 is 0 Å². The Labute approximate surface area is 198 Å². The molecular weight excluding hydrogens is 432 g/mol. The molecular formula is C27H28N2O3S. The predicted octanol–water partition coefficient (Wildman–Crippen LogP) is 6.17. The predicted molar refractivity (Wildman–Crippen MR) is 134 cm³/mol. The summed E-state index contributed by atoms with van der Waals surface area (Å²) in [6.07, 6.45) is 4.95. The third-order valence-electron chi connectivity index (χ3n) is 6.04. The van der Waals surface area contributed by atoms with E-state index in [-0.39, 0.29) is 11.7 Å². The van der Waals surface area contributed by atoms with E-state index in [0.717, 1.165) is 58.5 Å². The van der Waals surface area contributed by atoms with Gasteiger partial charge in [0.25, 0.3) is 0 Å². The Bertz CT molecular complexity index is 1220. The number of thiazole rings is 1. The molecule has 0 fully saturated rings. The van der Waals surface area contributed by atoms with Crippen molar-refractivity contribution in [3.63, 3.8) is 0 Å². The molecule has 1 amide bonds. The number of rotatable bonds is 6. The molecule has 3 aromatic rings. The second-order valence-electron chi connectivity index (χ2n) is 8.06. The molecule has 0 spiro atoms. The molecule has 2 aromatic carbocycles. The first-order valence-corrected chi connectivity index (χ1v) is 12.1. The molecule has 4 rings (SSSR count). The smallest absolute Gasteiger partial charge is 0.230 e. The van der Waals surface area contributed by atoms with Gasteiger partial charge < -0.3 is 4.74 Å². The van der Waals surface area contributed by atoms with Crippen LogP contribution in [0.1, 0.15) is 59.9 Å². The van der Waals surface area contributed by atoms with Crippen molar-refractivity contribution in [3.8, 4) is 5.75 Å². The number of carbonyl (C=O) groups is 2. The van der Waals surface area contributed by atoms with Gasteiger partial charge in [-0.2, -0.15) is 0 Å². The topological polar surface area (TPSA) is 59.5 Å². The lowest BCUT2D eigenvalue weighted by Crippen LogP contribution is -2.25. The summed E-state index contributed by atoms with van der Waals surface area (Å²) < 4.78 is 5.29. The van der Waals surface area contributed by atoms with Gasteiger partial charge in [-0.1, -0.05) is 32.0 Å². The lowest BCUT2D eigenvalue weighted by Gasteiger charge is -2.24. The highest BCUT2D eigenvalue weighted by Crippen LogP contribution is 2.36. The number of hydrogen-bond acceptors (Lipinski definition) is 5. The summed E-state index contributed by atoms with van der Waals surface area (Å²) >= 11 is 1.42. The van der Waals surface area contributed by atoms with Gasteiger partial charge in [-0.25, -0.2) is 4.98 Å². The molecule has 1 heterocycles. The average Bonchev–Trinajstić information content (AvgIpc) is 3.28. The van der Waals surface area contributed by atoms with Gasteiger partial charge in [-0.3, -0.25) is 14.5 Å². The van der Waals surface area contributed by atoms with Crippen LogP contribution in [-0.4, -0.2) is 23.8 Å². The maximum Gasteiger partial charge on any atom is 0.230 e. The fraction of sp³-hybridized carbons (Fsp3) is 0.296. The lowest BCUT2D eigenvalue weighted by atomic mass is 9.86. The summed E-state index contributed by atoms with van der Waals surface area (Å²) in [6.45, 7) is 5.76. The molecule has 170 valence electrons. The fourth-order valence-corrected chi connectivity index (χ4v) is 5.16. The standard InChI is InChI=1S/C27H28N2O3S/c1-5-18-8-7-9-19(6-2)25(18)29(17(3)30)27-28-22(16-33-27)14-21-11-10-20-15-23(32-4)12-13-24(20)26(21)31/h7-9,12-16H,5-6,10-11H2,1-4H3/b21-14+. The van der Waals surface area contributed by atoms with Crippen LogP contribution in [0.5, 0.6) is 5.75 Å².